The van der Waals surface area contributed by atoms with Gasteiger partial charge in [0.1, 0.15) is 0 Å². The Bertz CT molecular complexity index is 1170. The summed E-state index contributed by atoms with van der Waals surface area (Å²) in [5.74, 6) is 2.75. The third-order valence-corrected chi connectivity index (χ3v) is 16.4. The van der Waals surface area contributed by atoms with Crippen LogP contribution in [0.2, 0.25) is 0 Å². The van der Waals surface area contributed by atoms with Gasteiger partial charge in [-0.05, 0) is 0 Å². The van der Waals surface area contributed by atoms with Gasteiger partial charge >= 0.3 is 225 Å². The molecule has 0 saturated carbocycles. The van der Waals surface area contributed by atoms with Gasteiger partial charge in [0.2, 0.25) is 0 Å². The maximum absolute atomic E-state index is 6.52. The van der Waals surface area contributed by atoms with Gasteiger partial charge in [0, 0.05) is 0 Å². The van der Waals surface area contributed by atoms with E-state index in [0.717, 1.165) is 17.2 Å². The Kier molecular flexibility index (Phi) is 8.65. The van der Waals surface area contributed by atoms with Crippen molar-refractivity contribution in [2.45, 2.75) is 59.9 Å². The van der Waals surface area contributed by atoms with Crippen LogP contribution >= 0.6 is 0 Å². The second kappa shape index (κ2) is 11.9. The number of rotatable bonds is 10. The van der Waals surface area contributed by atoms with E-state index in [4.69, 9.17) is 14.2 Å². The van der Waals surface area contributed by atoms with Crippen molar-refractivity contribution in [3.8, 4) is 17.2 Å². The summed E-state index contributed by atoms with van der Waals surface area (Å²) in [7, 11) is 0. The zero-order valence-electron chi connectivity index (χ0n) is 22.8. The Morgan fingerprint density at radius 2 is 0.703 bits per heavy atom. The molecule has 0 aromatic heterocycles. The Morgan fingerprint density at radius 3 is 1.03 bits per heavy atom. The molecule has 4 rings (SSSR count). The van der Waals surface area contributed by atoms with E-state index in [0.29, 0.717) is 0 Å². The summed E-state index contributed by atoms with van der Waals surface area (Å²) in [5.41, 5.74) is 0. The molecule has 3 nitrogen and oxygen atoms in total. The second-order valence-electron chi connectivity index (χ2n) is 10.1. The van der Waals surface area contributed by atoms with Gasteiger partial charge in [-0.25, -0.2) is 0 Å². The standard InChI is InChI=1S/C33H38GeO3/c1-24(2)35-31-21-13-10-18-28(31)34(27-16-8-7-9-17-27,29-19-11-14-22-32(29)36-25(3)4)30-20-12-15-23-33(30)37-26(5)6/h7-26H,1-6H3. The number of hydrogen-bond acceptors (Lipinski definition) is 3. The van der Waals surface area contributed by atoms with Crippen LogP contribution in [0.4, 0.5) is 0 Å². The maximum atomic E-state index is 6.52. The summed E-state index contributed by atoms with van der Waals surface area (Å²) in [4.78, 5) is 0. The molecule has 0 heterocycles. The molecule has 0 fully saturated rings. The first-order valence-electron chi connectivity index (χ1n) is 13.2. The van der Waals surface area contributed by atoms with Crippen molar-refractivity contribution < 1.29 is 14.2 Å². The van der Waals surface area contributed by atoms with E-state index in [9.17, 15) is 0 Å². The van der Waals surface area contributed by atoms with Crippen molar-refractivity contribution in [1.29, 1.82) is 0 Å². The molecule has 0 atom stereocenters. The summed E-state index contributed by atoms with van der Waals surface area (Å²) in [5, 5.41) is 0. The molecule has 0 aliphatic heterocycles. The van der Waals surface area contributed by atoms with Crippen molar-refractivity contribution in [1.82, 2.24) is 0 Å². The molecule has 4 aromatic carbocycles. The average molecular weight is 555 g/mol. The topological polar surface area (TPSA) is 27.7 Å². The van der Waals surface area contributed by atoms with Crippen LogP contribution in [0.15, 0.2) is 103 Å². The molecular formula is C33H38GeO3. The molecular weight excluding hydrogens is 517 g/mol. The van der Waals surface area contributed by atoms with Crippen molar-refractivity contribution >= 4 is 30.8 Å². The van der Waals surface area contributed by atoms with Gasteiger partial charge in [0.05, 0.1) is 0 Å². The van der Waals surface area contributed by atoms with E-state index >= 15 is 0 Å². The summed E-state index contributed by atoms with van der Waals surface area (Å²) in [6, 6.07) is 36.5. The van der Waals surface area contributed by atoms with Gasteiger partial charge < -0.3 is 0 Å². The normalized spacial score (nSPS) is 11.7. The molecule has 4 heteroatoms. The molecule has 0 saturated heterocycles. The van der Waals surface area contributed by atoms with E-state index in [1.165, 1.54) is 17.6 Å². The summed E-state index contributed by atoms with van der Waals surface area (Å²) in [6.45, 7) is 12.5. The Balaban J connectivity index is 2.22. The van der Waals surface area contributed by atoms with E-state index in [-0.39, 0.29) is 18.3 Å². The minimum atomic E-state index is -3.79. The molecule has 0 N–H and O–H groups in total. The minimum absolute atomic E-state index is 0.0429. The molecule has 0 aliphatic carbocycles. The molecule has 0 radical (unpaired) electrons. The Morgan fingerprint density at radius 1 is 0.405 bits per heavy atom. The summed E-state index contributed by atoms with van der Waals surface area (Å²) >= 11 is -3.79. The van der Waals surface area contributed by atoms with Gasteiger partial charge in [-0.2, -0.15) is 0 Å². The van der Waals surface area contributed by atoms with Crippen LogP contribution in [-0.2, 0) is 0 Å². The van der Waals surface area contributed by atoms with E-state index in [1.54, 1.807) is 0 Å². The molecule has 37 heavy (non-hydrogen) atoms. The third kappa shape index (κ3) is 5.72. The quantitative estimate of drug-likeness (QED) is 0.245. The van der Waals surface area contributed by atoms with Crippen molar-refractivity contribution in [2.24, 2.45) is 0 Å². The van der Waals surface area contributed by atoms with Crippen LogP contribution in [0, 0.1) is 0 Å². The van der Waals surface area contributed by atoms with Crippen LogP contribution in [0.25, 0.3) is 0 Å². The van der Waals surface area contributed by atoms with Crippen LogP contribution < -0.4 is 31.8 Å². The zero-order valence-corrected chi connectivity index (χ0v) is 24.9. The predicted octanol–water partition coefficient (Wildman–Crippen LogP) is 5.43. The van der Waals surface area contributed by atoms with Gasteiger partial charge in [-0.15, -0.1) is 0 Å². The fourth-order valence-corrected chi connectivity index (χ4v) is 15.6. The summed E-state index contributed by atoms with van der Waals surface area (Å²) in [6.07, 6.45) is 0.129. The zero-order chi connectivity index (χ0) is 26.4. The fourth-order valence-electron chi connectivity index (χ4n) is 4.99. The molecule has 0 spiro atoms. The third-order valence-electron chi connectivity index (χ3n) is 6.17. The van der Waals surface area contributed by atoms with Crippen molar-refractivity contribution in [2.75, 3.05) is 0 Å². The molecule has 0 unspecified atom stereocenters. The summed E-state index contributed by atoms with van der Waals surface area (Å²) < 4.78 is 24.5. The van der Waals surface area contributed by atoms with Gasteiger partial charge in [0.15, 0.2) is 0 Å². The van der Waals surface area contributed by atoms with Gasteiger partial charge in [0.25, 0.3) is 0 Å². The van der Waals surface area contributed by atoms with Crippen LogP contribution in [0.5, 0.6) is 17.2 Å². The van der Waals surface area contributed by atoms with Crippen LogP contribution in [-0.4, -0.2) is 31.6 Å². The number of benzene rings is 4. The van der Waals surface area contributed by atoms with Gasteiger partial charge in [-0.1, -0.05) is 0 Å². The van der Waals surface area contributed by atoms with E-state index in [1.807, 2.05) is 0 Å². The van der Waals surface area contributed by atoms with Crippen LogP contribution in [0.1, 0.15) is 41.5 Å². The monoisotopic (exact) mass is 556 g/mol. The molecule has 0 bridgehead atoms. The molecule has 0 aliphatic rings. The molecule has 4 aromatic rings. The molecule has 192 valence electrons. The first-order chi connectivity index (χ1) is 17.8. The average Bonchev–Trinajstić information content (AvgIpc) is 2.87. The van der Waals surface area contributed by atoms with E-state index < -0.39 is 13.3 Å². The predicted molar refractivity (Wildman–Crippen MR) is 157 cm³/mol. The van der Waals surface area contributed by atoms with Crippen molar-refractivity contribution in [3.63, 3.8) is 0 Å². The fraction of sp³-hybridized carbons (Fsp3) is 0.273. The van der Waals surface area contributed by atoms with Crippen LogP contribution in [0.3, 0.4) is 0 Å². The van der Waals surface area contributed by atoms with E-state index in [2.05, 4.69) is 145 Å². The SMILES string of the molecule is CC(C)Oc1cccc[c]1[Ge]([c]1ccccc1)([c]1ccccc1OC(C)C)[c]1ccccc1OC(C)C. The van der Waals surface area contributed by atoms with Crippen molar-refractivity contribution in [3.05, 3.63) is 103 Å². The first kappa shape index (κ1) is 26.9. The second-order valence-corrected chi connectivity index (χ2v) is 17.9. The number of para-hydroxylation sites is 3. The first-order valence-corrected chi connectivity index (χ1v) is 17.4. The Hall–Kier alpha value is -3.18. The Labute approximate surface area is 224 Å². The number of hydrogen-bond donors (Lipinski definition) is 0. The number of ether oxygens (including phenoxy) is 3. The molecule has 0 amide bonds. The van der Waals surface area contributed by atoms with Gasteiger partial charge in [-0.3, -0.25) is 0 Å².